The molecule has 0 aliphatic heterocycles. The van der Waals surface area contributed by atoms with Gasteiger partial charge in [-0.05, 0) is 23.7 Å². The summed E-state index contributed by atoms with van der Waals surface area (Å²) in [6.45, 7) is 0.120. The van der Waals surface area contributed by atoms with Gasteiger partial charge in [0.2, 0.25) is 0 Å². The Hall–Kier alpha value is -1.82. The first kappa shape index (κ1) is 10.3. The highest BCUT2D eigenvalue weighted by Crippen LogP contribution is 2.22. The zero-order chi connectivity index (χ0) is 10.4. The number of rotatable bonds is 1. The second kappa shape index (κ2) is 5.03. The van der Waals surface area contributed by atoms with Crippen molar-refractivity contribution >= 4 is 11.6 Å². The highest BCUT2D eigenvalue weighted by Gasteiger charge is 1.96. The highest BCUT2D eigenvalue weighted by molar-refractivity contribution is 6.32. The Morgan fingerprint density at radius 2 is 2.36 bits per heavy atom. The minimum Gasteiger partial charge on any atom is -0.506 e. The van der Waals surface area contributed by atoms with Crippen LogP contribution in [0.3, 0.4) is 0 Å². The van der Waals surface area contributed by atoms with E-state index in [2.05, 4.69) is 21.9 Å². The summed E-state index contributed by atoms with van der Waals surface area (Å²) in [5.74, 6) is 5.40. The maximum absolute atomic E-state index is 9.11. The number of azide groups is 1. The molecule has 1 aromatic rings. The summed E-state index contributed by atoms with van der Waals surface area (Å²) in [5.41, 5.74) is 8.65. The van der Waals surface area contributed by atoms with E-state index in [-0.39, 0.29) is 17.3 Å². The lowest BCUT2D eigenvalue weighted by atomic mass is 10.2. The van der Waals surface area contributed by atoms with Crippen molar-refractivity contribution < 1.29 is 5.11 Å². The predicted molar refractivity (Wildman–Crippen MR) is 54.0 cm³/mol. The molecule has 0 fully saturated rings. The SMILES string of the molecule is [N-]=[N+]=NCC#Cc1ccc(O)c(Cl)c1. The Labute approximate surface area is 85.8 Å². The van der Waals surface area contributed by atoms with Gasteiger partial charge in [-0.15, -0.1) is 0 Å². The average molecular weight is 208 g/mol. The summed E-state index contributed by atoms with van der Waals surface area (Å²) in [6, 6.07) is 4.63. The van der Waals surface area contributed by atoms with E-state index in [4.69, 9.17) is 22.2 Å². The van der Waals surface area contributed by atoms with Crippen LogP contribution in [0.25, 0.3) is 10.4 Å². The first-order valence-corrected chi connectivity index (χ1v) is 4.10. The Balaban J connectivity index is 2.80. The lowest BCUT2D eigenvalue weighted by Crippen LogP contribution is -1.76. The Morgan fingerprint density at radius 1 is 1.57 bits per heavy atom. The van der Waals surface area contributed by atoms with Crippen LogP contribution in [-0.2, 0) is 0 Å². The van der Waals surface area contributed by atoms with Gasteiger partial charge in [-0.2, -0.15) is 0 Å². The molecule has 70 valence electrons. The Kier molecular flexibility index (Phi) is 3.69. The van der Waals surface area contributed by atoms with Crippen LogP contribution in [0.2, 0.25) is 5.02 Å². The number of phenols is 1. The van der Waals surface area contributed by atoms with Crippen LogP contribution in [0.15, 0.2) is 23.3 Å². The highest BCUT2D eigenvalue weighted by atomic mass is 35.5. The quantitative estimate of drug-likeness (QED) is 0.327. The molecular formula is C9H6ClN3O. The van der Waals surface area contributed by atoms with Gasteiger partial charge in [0, 0.05) is 10.5 Å². The molecule has 0 saturated carbocycles. The van der Waals surface area contributed by atoms with Crippen molar-refractivity contribution in [3.63, 3.8) is 0 Å². The molecule has 0 spiro atoms. The molecule has 0 unspecified atom stereocenters. The van der Waals surface area contributed by atoms with E-state index in [0.29, 0.717) is 5.56 Å². The summed E-state index contributed by atoms with van der Waals surface area (Å²) in [7, 11) is 0. The van der Waals surface area contributed by atoms with Gasteiger partial charge in [-0.25, -0.2) is 0 Å². The van der Waals surface area contributed by atoms with Gasteiger partial charge in [0.15, 0.2) is 0 Å². The fourth-order valence-corrected chi connectivity index (χ4v) is 0.974. The molecule has 1 aromatic carbocycles. The van der Waals surface area contributed by atoms with Gasteiger partial charge in [0.05, 0.1) is 11.6 Å². The maximum atomic E-state index is 9.11. The molecule has 5 heteroatoms. The fourth-order valence-electron chi connectivity index (χ4n) is 0.793. The third-order valence-corrected chi connectivity index (χ3v) is 1.70. The molecule has 0 aromatic heterocycles. The van der Waals surface area contributed by atoms with Crippen molar-refractivity contribution in [2.75, 3.05) is 6.54 Å². The second-order valence-electron chi connectivity index (χ2n) is 2.36. The molecule has 0 aliphatic rings. The monoisotopic (exact) mass is 207 g/mol. The molecular weight excluding hydrogens is 202 g/mol. The number of nitrogens with zero attached hydrogens (tertiary/aromatic N) is 3. The topological polar surface area (TPSA) is 69.0 Å². The molecule has 0 aliphatic carbocycles. The normalized spacial score (nSPS) is 8.36. The minimum absolute atomic E-state index is 0.0206. The largest absolute Gasteiger partial charge is 0.506 e. The lowest BCUT2D eigenvalue weighted by molar-refractivity contribution is 0.475. The number of hydrogen-bond acceptors (Lipinski definition) is 2. The van der Waals surface area contributed by atoms with Crippen molar-refractivity contribution in [2.24, 2.45) is 5.11 Å². The van der Waals surface area contributed by atoms with Crippen LogP contribution in [0.5, 0.6) is 5.75 Å². The average Bonchev–Trinajstić information content (AvgIpc) is 2.18. The van der Waals surface area contributed by atoms with Crippen molar-refractivity contribution in [3.8, 4) is 17.6 Å². The number of halogens is 1. The third-order valence-electron chi connectivity index (χ3n) is 1.39. The van der Waals surface area contributed by atoms with Gasteiger partial charge in [0.1, 0.15) is 5.75 Å². The van der Waals surface area contributed by atoms with Gasteiger partial charge in [0.25, 0.3) is 0 Å². The predicted octanol–water partition coefficient (Wildman–Crippen LogP) is 2.71. The molecule has 0 atom stereocenters. The summed E-state index contributed by atoms with van der Waals surface area (Å²) < 4.78 is 0. The first-order chi connectivity index (χ1) is 6.74. The van der Waals surface area contributed by atoms with Crippen molar-refractivity contribution in [1.29, 1.82) is 0 Å². The Morgan fingerprint density at radius 3 is 3.00 bits per heavy atom. The zero-order valence-electron chi connectivity index (χ0n) is 7.11. The van der Waals surface area contributed by atoms with E-state index in [1.807, 2.05) is 0 Å². The number of aromatic hydroxyl groups is 1. The summed E-state index contributed by atoms with van der Waals surface area (Å²) in [5, 5.41) is 12.6. The van der Waals surface area contributed by atoms with Gasteiger partial charge >= 0.3 is 0 Å². The standard InChI is InChI=1S/C9H6ClN3O/c10-8-6-7(3-4-9(8)14)2-1-5-12-13-11/h3-4,6,14H,5H2. The molecule has 0 amide bonds. The molecule has 14 heavy (non-hydrogen) atoms. The molecule has 1 N–H and O–H groups in total. The smallest absolute Gasteiger partial charge is 0.134 e. The first-order valence-electron chi connectivity index (χ1n) is 3.72. The third kappa shape index (κ3) is 2.91. The van der Waals surface area contributed by atoms with E-state index in [9.17, 15) is 0 Å². The van der Waals surface area contributed by atoms with Gasteiger partial charge in [-0.1, -0.05) is 28.6 Å². The van der Waals surface area contributed by atoms with Crippen LogP contribution in [0, 0.1) is 11.8 Å². The molecule has 0 saturated heterocycles. The summed E-state index contributed by atoms with van der Waals surface area (Å²) >= 11 is 5.65. The summed E-state index contributed by atoms with van der Waals surface area (Å²) in [6.07, 6.45) is 0. The van der Waals surface area contributed by atoms with Gasteiger partial charge in [-0.3, -0.25) is 0 Å². The number of benzene rings is 1. The van der Waals surface area contributed by atoms with Crippen LogP contribution in [0.4, 0.5) is 0 Å². The Bertz CT molecular complexity index is 441. The lowest BCUT2D eigenvalue weighted by Gasteiger charge is -1.95. The minimum atomic E-state index is 0.0206. The molecule has 1 rings (SSSR count). The maximum Gasteiger partial charge on any atom is 0.134 e. The second-order valence-corrected chi connectivity index (χ2v) is 2.76. The van der Waals surface area contributed by atoms with Gasteiger partial charge < -0.3 is 5.11 Å². The van der Waals surface area contributed by atoms with E-state index < -0.39 is 0 Å². The fraction of sp³-hybridized carbons (Fsp3) is 0.111. The molecule has 0 radical (unpaired) electrons. The zero-order valence-corrected chi connectivity index (χ0v) is 7.86. The van der Waals surface area contributed by atoms with E-state index in [0.717, 1.165) is 0 Å². The molecule has 0 bridgehead atoms. The van der Waals surface area contributed by atoms with E-state index in [1.54, 1.807) is 12.1 Å². The van der Waals surface area contributed by atoms with E-state index >= 15 is 0 Å². The van der Waals surface area contributed by atoms with Crippen molar-refractivity contribution in [1.82, 2.24) is 0 Å². The van der Waals surface area contributed by atoms with Crippen LogP contribution >= 0.6 is 11.6 Å². The molecule has 4 nitrogen and oxygen atoms in total. The number of hydrogen-bond donors (Lipinski definition) is 1. The van der Waals surface area contributed by atoms with Crippen molar-refractivity contribution in [2.45, 2.75) is 0 Å². The van der Waals surface area contributed by atoms with Crippen LogP contribution < -0.4 is 0 Å². The van der Waals surface area contributed by atoms with Crippen molar-refractivity contribution in [3.05, 3.63) is 39.2 Å². The molecule has 0 heterocycles. The number of phenolic OH excluding ortho intramolecular Hbond substituents is 1. The van der Waals surface area contributed by atoms with Crippen LogP contribution in [0.1, 0.15) is 5.56 Å². The van der Waals surface area contributed by atoms with E-state index in [1.165, 1.54) is 6.07 Å². The summed E-state index contributed by atoms with van der Waals surface area (Å²) in [4.78, 5) is 2.55. The van der Waals surface area contributed by atoms with Crippen LogP contribution in [-0.4, -0.2) is 11.7 Å².